The predicted octanol–water partition coefficient (Wildman–Crippen LogP) is 4.36. The van der Waals surface area contributed by atoms with Crippen molar-refractivity contribution in [3.63, 3.8) is 0 Å². The molecule has 2 aromatic rings. The van der Waals surface area contributed by atoms with Crippen LogP contribution in [0.4, 0.5) is 0 Å². The van der Waals surface area contributed by atoms with Gasteiger partial charge >= 0.3 is 0 Å². The second-order valence-corrected chi connectivity index (χ2v) is 6.15. The van der Waals surface area contributed by atoms with Gasteiger partial charge in [-0.25, -0.2) is 4.98 Å². The first-order chi connectivity index (χ1) is 10.1. The van der Waals surface area contributed by atoms with E-state index in [0.717, 1.165) is 29.3 Å². The molecule has 1 aromatic heterocycles. The van der Waals surface area contributed by atoms with E-state index >= 15 is 0 Å². The number of rotatable bonds is 3. The zero-order chi connectivity index (χ0) is 14.8. The van der Waals surface area contributed by atoms with Crippen molar-refractivity contribution in [2.24, 2.45) is 0 Å². The van der Waals surface area contributed by atoms with Crippen molar-refractivity contribution in [3.8, 4) is 0 Å². The van der Waals surface area contributed by atoms with Crippen LogP contribution >= 0.6 is 11.6 Å². The molecule has 3 nitrogen and oxygen atoms in total. The molecule has 0 N–H and O–H groups in total. The average Bonchev–Trinajstić information content (AvgIpc) is 2.44. The van der Waals surface area contributed by atoms with Gasteiger partial charge in [0.05, 0.1) is 30.4 Å². The summed E-state index contributed by atoms with van der Waals surface area (Å²) < 4.78 is 11.8. The molecule has 2 unspecified atom stereocenters. The number of fused-ring (bicyclic) bond motifs is 1. The van der Waals surface area contributed by atoms with Crippen LogP contribution in [0.3, 0.4) is 0 Å². The quantitative estimate of drug-likeness (QED) is 0.790. The van der Waals surface area contributed by atoms with Gasteiger partial charge in [-0.2, -0.15) is 0 Å². The van der Waals surface area contributed by atoms with Crippen LogP contribution in [-0.2, 0) is 16.1 Å². The van der Waals surface area contributed by atoms with Crippen LogP contribution in [0, 0.1) is 0 Å². The van der Waals surface area contributed by atoms with E-state index in [9.17, 15) is 0 Å². The maximum atomic E-state index is 6.26. The fourth-order valence-corrected chi connectivity index (χ4v) is 3.13. The Labute approximate surface area is 130 Å². The number of benzene rings is 1. The minimum absolute atomic E-state index is 0.228. The van der Waals surface area contributed by atoms with Gasteiger partial charge in [-0.05, 0) is 38.8 Å². The van der Waals surface area contributed by atoms with Crippen molar-refractivity contribution < 1.29 is 9.47 Å². The first-order valence-electron chi connectivity index (χ1n) is 7.43. The van der Waals surface area contributed by atoms with E-state index in [-0.39, 0.29) is 18.3 Å². The Morgan fingerprint density at radius 1 is 1.24 bits per heavy atom. The third kappa shape index (κ3) is 3.54. The highest BCUT2D eigenvalue weighted by molar-refractivity contribution is 6.30. The molecule has 0 amide bonds. The third-order valence-electron chi connectivity index (χ3n) is 3.88. The van der Waals surface area contributed by atoms with Gasteiger partial charge in [0.1, 0.15) is 5.15 Å². The van der Waals surface area contributed by atoms with E-state index in [1.165, 1.54) is 0 Å². The van der Waals surface area contributed by atoms with Crippen molar-refractivity contribution in [1.29, 1.82) is 0 Å². The normalized spacial score (nSPS) is 26.1. The Bertz CT molecular complexity index is 621. The Morgan fingerprint density at radius 2 is 1.95 bits per heavy atom. The summed E-state index contributed by atoms with van der Waals surface area (Å²) in [6.07, 6.45) is 2.60. The SMILES string of the molecule is CC1CC(OCc2cc3ccccc3nc2Cl)CC(C)O1. The summed E-state index contributed by atoms with van der Waals surface area (Å²) in [5.74, 6) is 0. The molecule has 0 aliphatic carbocycles. The van der Waals surface area contributed by atoms with Crippen LogP contribution in [0.1, 0.15) is 32.3 Å². The molecule has 112 valence electrons. The Morgan fingerprint density at radius 3 is 2.71 bits per heavy atom. The van der Waals surface area contributed by atoms with Gasteiger partial charge in [0.25, 0.3) is 0 Å². The lowest BCUT2D eigenvalue weighted by molar-refractivity contribution is -0.106. The predicted molar refractivity (Wildman–Crippen MR) is 84.6 cm³/mol. The van der Waals surface area contributed by atoms with Crippen LogP contribution in [0.5, 0.6) is 0 Å². The van der Waals surface area contributed by atoms with Gasteiger partial charge in [-0.15, -0.1) is 0 Å². The molecule has 1 aliphatic heterocycles. The topological polar surface area (TPSA) is 31.4 Å². The number of halogens is 1. The molecular formula is C17H20ClNO2. The molecular weight excluding hydrogens is 286 g/mol. The van der Waals surface area contributed by atoms with Crippen LogP contribution in [0.15, 0.2) is 30.3 Å². The van der Waals surface area contributed by atoms with Crippen LogP contribution < -0.4 is 0 Å². The molecule has 0 saturated carbocycles. The van der Waals surface area contributed by atoms with Crippen molar-refractivity contribution >= 4 is 22.5 Å². The second kappa shape index (κ2) is 6.30. The minimum atomic E-state index is 0.228. The molecule has 0 radical (unpaired) electrons. The van der Waals surface area contributed by atoms with Gasteiger partial charge in [0.15, 0.2) is 0 Å². The maximum Gasteiger partial charge on any atom is 0.135 e. The summed E-state index contributed by atoms with van der Waals surface area (Å²) >= 11 is 6.26. The average molecular weight is 306 g/mol. The molecule has 2 atom stereocenters. The van der Waals surface area contributed by atoms with Gasteiger partial charge in [0.2, 0.25) is 0 Å². The number of ether oxygens (including phenoxy) is 2. The molecule has 1 aromatic carbocycles. The number of hydrogen-bond acceptors (Lipinski definition) is 3. The number of pyridine rings is 1. The number of para-hydroxylation sites is 1. The highest BCUT2D eigenvalue weighted by Crippen LogP contribution is 2.25. The van der Waals surface area contributed by atoms with Crippen molar-refractivity contribution in [1.82, 2.24) is 4.98 Å². The van der Waals surface area contributed by atoms with Crippen molar-refractivity contribution in [2.45, 2.75) is 51.6 Å². The highest BCUT2D eigenvalue weighted by atomic mass is 35.5. The molecule has 0 spiro atoms. The lowest BCUT2D eigenvalue weighted by Crippen LogP contribution is -2.34. The zero-order valence-electron chi connectivity index (χ0n) is 12.4. The summed E-state index contributed by atoms with van der Waals surface area (Å²) in [6.45, 7) is 4.69. The molecule has 1 aliphatic rings. The second-order valence-electron chi connectivity index (χ2n) is 5.79. The molecule has 3 rings (SSSR count). The number of nitrogens with zero attached hydrogens (tertiary/aromatic N) is 1. The van der Waals surface area contributed by atoms with E-state index < -0.39 is 0 Å². The van der Waals surface area contributed by atoms with E-state index in [4.69, 9.17) is 21.1 Å². The lowest BCUT2D eigenvalue weighted by Gasteiger charge is -2.32. The fraction of sp³-hybridized carbons (Fsp3) is 0.471. The van der Waals surface area contributed by atoms with Crippen molar-refractivity contribution in [2.75, 3.05) is 0 Å². The van der Waals surface area contributed by atoms with Crippen LogP contribution in [0.2, 0.25) is 5.15 Å². The van der Waals surface area contributed by atoms with E-state index in [2.05, 4.69) is 24.9 Å². The first kappa shape index (κ1) is 14.8. The summed E-state index contributed by atoms with van der Waals surface area (Å²) in [5.41, 5.74) is 1.86. The highest BCUT2D eigenvalue weighted by Gasteiger charge is 2.25. The molecule has 4 heteroatoms. The maximum absolute atomic E-state index is 6.26. The van der Waals surface area contributed by atoms with Gasteiger partial charge < -0.3 is 9.47 Å². The number of hydrogen-bond donors (Lipinski definition) is 0. The summed E-state index contributed by atoms with van der Waals surface area (Å²) in [6, 6.07) is 10.0. The number of aromatic nitrogens is 1. The van der Waals surface area contributed by atoms with Gasteiger partial charge in [-0.1, -0.05) is 29.8 Å². The first-order valence-corrected chi connectivity index (χ1v) is 7.81. The summed E-state index contributed by atoms with van der Waals surface area (Å²) in [7, 11) is 0. The van der Waals surface area contributed by atoms with E-state index in [0.29, 0.717) is 11.8 Å². The zero-order valence-corrected chi connectivity index (χ0v) is 13.1. The molecule has 0 bridgehead atoms. The Hall–Kier alpha value is -1.16. The van der Waals surface area contributed by atoms with Gasteiger partial charge in [0, 0.05) is 10.9 Å². The standard InChI is InChI=1S/C17H20ClNO2/c1-11-7-15(8-12(2)21-11)20-10-14-9-13-5-3-4-6-16(13)19-17(14)18/h3-6,9,11-12,15H,7-8,10H2,1-2H3. The van der Waals surface area contributed by atoms with E-state index in [1.54, 1.807) is 0 Å². The molecule has 2 heterocycles. The fourth-order valence-electron chi connectivity index (χ4n) is 2.93. The third-order valence-corrected chi connectivity index (χ3v) is 4.21. The van der Waals surface area contributed by atoms with Crippen LogP contribution in [0.25, 0.3) is 10.9 Å². The largest absolute Gasteiger partial charge is 0.375 e. The minimum Gasteiger partial charge on any atom is -0.375 e. The Balaban J connectivity index is 1.71. The smallest absolute Gasteiger partial charge is 0.135 e. The van der Waals surface area contributed by atoms with Crippen LogP contribution in [-0.4, -0.2) is 23.3 Å². The summed E-state index contributed by atoms with van der Waals surface area (Å²) in [4.78, 5) is 4.43. The summed E-state index contributed by atoms with van der Waals surface area (Å²) in [5, 5.41) is 1.62. The van der Waals surface area contributed by atoms with E-state index in [1.807, 2.05) is 24.3 Å². The monoisotopic (exact) mass is 305 g/mol. The Kier molecular flexibility index (Phi) is 4.43. The molecule has 1 fully saturated rings. The molecule has 21 heavy (non-hydrogen) atoms. The molecule has 1 saturated heterocycles. The lowest BCUT2D eigenvalue weighted by atomic mass is 10.0. The van der Waals surface area contributed by atoms with Gasteiger partial charge in [-0.3, -0.25) is 0 Å². The van der Waals surface area contributed by atoms with Crippen molar-refractivity contribution in [3.05, 3.63) is 41.0 Å².